The van der Waals surface area contributed by atoms with Gasteiger partial charge in [0.15, 0.2) is 0 Å². The molecule has 0 bridgehead atoms. The van der Waals surface area contributed by atoms with Crippen molar-refractivity contribution in [3.05, 3.63) is 23.2 Å². The summed E-state index contributed by atoms with van der Waals surface area (Å²) in [5.41, 5.74) is 0. The predicted octanol–water partition coefficient (Wildman–Crippen LogP) is 1.80. The Kier molecular flexibility index (Phi) is 6.54. The van der Waals surface area contributed by atoms with Gasteiger partial charge in [0.25, 0.3) is 0 Å². The largest absolute Gasteiger partial charge is 0.497 e. The van der Waals surface area contributed by atoms with Gasteiger partial charge in [-0.05, 0) is 31.5 Å². The van der Waals surface area contributed by atoms with Gasteiger partial charge in [-0.1, -0.05) is 11.6 Å². The van der Waals surface area contributed by atoms with E-state index in [1.54, 1.807) is 6.07 Å². The summed E-state index contributed by atoms with van der Waals surface area (Å²) in [6.45, 7) is 1.57. The van der Waals surface area contributed by atoms with E-state index in [9.17, 15) is 8.42 Å². The molecule has 0 aliphatic carbocycles. The Labute approximate surface area is 130 Å². The molecule has 0 saturated carbocycles. The second-order valence-corrected chi connectivity index (χ2v) is 6.55. The van der Waals surface area contributed by atoms with Crippen LogP contribution in [0.1, 0.15) is 12.8 Å². The fourth-order valence-corrected chi connectivity index (χ4v) is 3.84. The van der Waals surface area contributed by atoms with Gasteiger partial charge in [-0.15, -0.1) is 12.4 Å². The van der Waals surface area contributed by atoms with Crippen molar-refractivity contribution in [2.24, 2.45) is 0 Å². The van der Waals surface area contributed by atoms with E-state index in [2.05, 4.69) is 10.0 Å². The lowest BCUT2D eigenvalue weighted by molar-refractivity contribution is 0.412. The van der Waals surface area contributed by atoms with E-state index in [-0.39, 0.29) is 28.4 Å². The molecule has 1 fully saturated rings. The fourth-order valence-electron chi connectivity index (χ4n) is 2.05. The monoisotopic (exact) mass is 340 g/mol. The number of piperidine rings is 1. The quantitative estimate of drug-likeness (QED) is 0.876. The van der Waals surface area contributed by atoms with Crippen LogP contribution in [0.3, 0.4) is 0 Å². The molecule has 1 aliphatic rings. The van der Waals surface area contributed by atoms with Gasteiger partial charge < -0.3 is 10.1 Å². The second-order valence-electron chi connectivity index (χ2n) is 4.46. The molecular weight excluding hydrogens is 323 g/mol. The zero-order valence-electron chi connectivity index (χ0n) is 11.1. The molecule has 0 aromatic heterocycles. The first kappa shape index (κ1) is 17.5. The van der Waals surface area contributed by atoms with Gasteiger partial charge >= 0.3 is 0 Å². The lowest BCUT2D eigenvalue weighted by atomic mass is 10.1. The van der Waals surface area contributed by atoms with Crippen LogP contribution in [-0.4, -0.2) is 34.7 Å². The van der Waals surface area contributed by atoms with Gasteiger partial charge in [0.05, 0.1) is 12.1 Å². The van der Waals surface area contributed by atoms with Crippen LogP contribution in [0.4, 0.5) is 0 Å². The van der Waals surface area contributed by atoms with E-state index < -0.39 is 10.0 Å². The highest BCUT2D eigenvalue weighted by atomic mass is 35.5. The van der Waals surface area contributed by atoms with Gasteiger partial charge in [-0.2, -0.15) is 0 Å². The van der Waals surface area contributed by atoms with Crippen molar-refractivity contribution in [3.63, 3.8) is 0 Å². The Hall–Kier alpha value is -0.530. The van der Waals surface area contributed by atoms with Crippen molar-refractivity contribution in [1.29, 1.82) is 0 Å². The number of ether oxygens (including phenoxy) is 1. The minimum atomic E-state index is -3.63. The SMILES string of the molecule is COc1ccc(Cl)c(S(=O)(=O)NC2CCCNC2)c1.Cl. The maximum atomic E-state index is 12.3. The molecule has 2 rings (SSSR count). The normalized spacial score (nSPS) is 19.2. The first-order chi connectivity index (χ1) is 9.03. The summed E-state index contributed by atoms with van der Waals surface area (Å²) in [7, 11) is -2.14. The molecule has 20 heavy (non-hydrogen) atoms. The molecule has 1 aromatic carbocycles. The average molecular weight is 341 g/mol. The lowest BCUT2D eigenvalue weighted by Gasteiger charge is -2.23. The maximum Gasteiger partial charge on any atom is 0.242 e. The number of nitrogens with one attached hydrogen (secondary N) is 2. The molecule has 0 spiro atoms. The number of hydrogen-bond donors (Lipinski definition) is 2. The maximum absolute atomic E-state index is 12.3. The van der Waals surface area contributed by atoms with Gasteiger partial charge in [0.1, 0.15) is 10.6 Å². The minimum Gasteiger partial charge on any atom is -0.497 e. The van der Waals surface area contributed by atoms with E-state index in [0.717, 1.165) is 19.4 Å². The third kappa shape index (κ3) is 4.23. The lowest BCUT2D eigenvalue weighted by Crippen LogP contribution is -2.45. The van der Waals surface area contributed by atoms with Crippen molar-refractivity contribution in [2.75, 3.05) is 20.2 Å². The van der Waals surface area contributed by atoms with Gasteiger partial charge in [0, 0.05) is 18.7 Å². The van der Waals surface area contributed by atoms with Crippen LogP contribution in [0.5, 0.6) is 5.75 Å². The predicted molar refractivity (Wildman–Crippen MR) is 81.5 cm³/mol. The molecule has 1 aliphatic heterocycles. The van der Waals surface area contributed by atoms with Crippen molar-refractivity contribution in [3.8, 4) is 5.75 Å². The summed E-state index contributed by atoms with van der Waals surface area (Å²) in [6, 6.07) is 4.49. The molecule has 1 atom stereocenters. The molecule has 1 saturated heterocycles. The number of rotatable bonds is 4. The van der Waals surface area contributed by atoms with Crippen LogP contribution in [0.15, 0.2) is 23.1 Å². The highest BCUT2D eigenvalue weighted by Gasteiger charge is 2.24. The van der Waals surface area contributed by atoms with Crippen LogP contribution in [0, 0.1) is 0 Å². The van der Waals surface area contributed by atoms with Crippen LogP contribution in [0.25, 0.3) is 0 Å². The first-order valence-electron chi connectivity index (χ1n) is 6.09. The van der Waals surface area contributed by atoms with Crippen LogP contribution in [-0.2, 0) is 10.0 Å². The Bertz CT molecular complexity index is 546. The van der Waals surface area contributed by atoms with E-state index in [0.29, 0.717) is 12.3 Å². The number of methoxy groups -OCH3 is 1. The molecule has 2 N–H and O–H groups in total. The Balaban J connectivity index is 0.00000200. The Morgan fingerprint density at radius 3 is 2.80 bits per heavy atom. The van der Waals surface area contributed by atoms with Crippen LogP contribution < -0.4 is 14.8 Å². The topological polar surface area (TPSA) is 67.4 Å². The standard InChI is InChI=1S/C12H17ClN2O3S.ClH/c1-18-10-4-5-11(13)12(7-10)19(16,17)15-9-3-2-6-14-8-9;/h4-5,7,9,14-15H,2-3,6,8H2,1H3;1H. The minimum absolute atomic E-state index is 0. The molecule has 1 unspecified atom stereocenters. The summed E-state index contributed by atoms with van der Waals surface area (Å²) >= 11 is 5.97. The first-order valence-corrected chi connectivity index (χ1v) is 7.95. The summed E-state index contributed by atoms with van der Waals surface area (Å²) in [6.07, 6.45) is 1.78. The smallest absolute Gasteiger partial charge is 0.242 e. The van der Waals surface area contributed by atoms with Crippen molar-refractivity contribution in [1.82, 2.24) is 10.0 Å². The molecule has 8 heteroatoms. The molecular formula is C12H18Cl2N2O3S. The fraction of sp³-hybridized carbons (Fsp3) is 0.500. The number of halogens is 2. The Morgan fingerprint density at radius 2 is 2.20 bits per heavy atom. The molecule has 0 amide bonds. The zero-order valence-corrected chi connectivity index (χ0v) is 13.4. The Morgan fingerprint density at radius 1 is 1.45 bits per heavy atom. The third-order valence-electron chi connectivity index (χ3n) is 3.05. The van der Waals surface area contributed by atoms with Gasteiger partial charge in [-0.25, -0.2) is 13.1 Å². The van der Waals surface area contributed by atoms with E-state index in [1.807, 2.05) is 0 Å². The molecule has 1 aromatic rings. The summed E-state index contributed by atoms with van der Waals surface area (Å²) < 4.78 is 32.3. The van der Waals surface area contributed by atoms with Gasteiger partial charge in [-0.3, -0.25) is 0 Å². The third-order valence-corrected chi connectivity index (χ3v) is 5.05. The summed E-state index contributed by atoms with van der Waals surface area (Å²) in [5.74, 6) is 0.464. The molecule has 114 valence electrons. The van der Waals surface area contributed by atoms with Crippen LogP contribution in [0.2, 0.25) is 5.02 Å². The van der Waals surface area contributed by atoms with Crippen molar-refractivity contribution < 1.29 is 13.2 Å². The van der Waals surface area contributed by atoms with Crippen molar-refractivity contribution >= 4 is 34.0 Å². The zero-order chi connectivity index (χ0) is 13.9. The molecule has 1 heterocycles. The summed E-state index contributed by atoms with van der Waals surface area (Å²) in [4.78, 5) is 0.0547. The highest BCUT2D eigenvalue weighted by molar-refractivity contribution is 7.89. The van der Waals surface area contributed by atoms with E-state index in [1.165, 1.54) is 19.2 Å². The number of sulfonamides is 1. The van der Waals surface area contributed by atoms with E-state index in [4.69, 9.17) is 16.3 Å². The van der Waals surface area contributed by atoms with Crippen LogP contribution >= 0.6 is 24.0 Å². The average Bonchev–Trinajstić information content (AvgIpc) is 2.39. The number of hydrogen-bond acceptors (Lipinski definition) is 4. The summed E-state index contributed by atoms with van der Waals surface area (Å²) in [5, 5.41) is 3.35. The highest BCUT2D eigenvalue weighted by Crippen LogP contribution is 2.26. The van der Waals surface area contributed by atoms with Crippen molar-refractivity contribution in [2.45, 2.75) is 23.8 Å². The molecule has 0 radical (unpaired) electrons. The molecule has 5 nitrogen and oxygen atoms in total. The number of benzene rings is 1. The second kappa shape index (κ2) is 7.47. The van der Waals surface area contributed by atoms with Gasteiger partial charge in [0.2, 0.25) is 10.0 Å². The van der Waals surface area contributed by atoms with E-state index >= 15 is 0 Å².